The summed E-state index contributed by atoms with van der Waals surface area (Å²) in [6, 6.07) is 0.465. The Bertz CT molecular complexity index is 388. The standard InChI is InChI=1S/C12H22N2O3S.ClH/c15-18(16,9-10-4-6-17-8-10)14(11-1-2-11)12-3-5-13-7-12;/h10-13H,1-9H2;1H. The quantitative estimate of drug-likeness (QED) is 0.808. The number of halogens is 1. The van der Waals surface area contributed by atoms with E-state index in [0.29, 0.717) is 13.2 Å². The van der Waals surface area contributed by atoms with E-state index in [2.05, 4.69) is 5.32 Å². The molecule has 0 amide bonds. The van der Waals surface area contributed by atoms with E-state index < -0.39 is 10.0 Å². The van der Waals surface area contributed by atoms with Crippen LogP contribution in [-0.2, 0) is 14.8 Å². The van der Waals surface area contributed by atoms with E-state index in [1.807, 2.05) is 4.31 Å². The Hall–Kier alpha value is 0.120. The van der Waals surface area contributed by atoms with Gasteiger partial charge in [0.1, 0.15) is 0 Å². The highest BCUT2D eigenvalue weighted by molar-refractivity contribution is 7.89. The summed E-state index contributed by atoms with van der Waals surface area (Å²) in [5.41, 5.74) is 0. The first-order chi connectivity index (χ1) is 8.67. The summed E-state index contributed by atoms with van der Waals surface area (Å²) in [7, 11) is -3.11. The van der Waals surface area contributed by atoms with Gasteiger partial charge in [-0.05, 0) is 38.1 Å². The van der Waals surface area contributed by atoms with Crippen LogP contribution >= 0.6 is 12.4 Å². The van der Waals surface area contributed by atoms with Gasteiger partial charge in [-0.3, -0.25) is 0 Å². The maximum atomic E-state index is 12.6. The van der Waals surface area contributed by atoms with Gasteiger partial charge in [-0.25, -0.2) is 8.42 Å². The second-order valence-electron chi connectivity index (χ2n) is 5.72. The van der Waals surface area contributed by atoms with Crippen LogP contribution < -0.4 is 5.32 Å². The number of rotatable bonds is 5. The van der Waals surface area contributed by atoms with E-state index in [1.54, 1.807) is 0 Å². The molecule has 0 spiro atoms. The van der Waals surface area contributed by atoms with Crippen LogP contribution in [0.2, 0.25) is 0 Å². The van der Waals surface area contributed by atoms with E-state index in [-0.39, 0.29) is 36.2 Å². The van der Waals surface area contributed by atoms with E-state index >= 15 is 0 Å². The molecule has 0 bridgehead atoms. The molecule has 3 fully saturated rings. The Kier molecular flexibility index (Phi) is 5.11. The van der Waals surface area contributed by atoms with Gasteiger partial charge in [0.05, 0.1) is 12.4 Å². The summed E-state index contributed by atoms with van der Waals surface area (Å²) >= 11 is 0. The van der Waals surface area contributed by atoms with Gasteiger partial charge in [-0.2, -0.15) is 4.31 Å². The van der Waals surface area contributed by atoms with Gasteiger partial charge in [0.25, 0.3) is 0 Å². The smallest absolute Gasteiger partial charge is 0.215 e. The lowest BCUT2D eigenvalue weighted by Gasteiger charge is -2.28. The zero-order valence-electron chi connectivity index (χ0n) is 11.1. The molecule has 2 heterocycles. The summed E-state index contributed by atoms with van der Waals surface area (Å²) in [6.07, 6.45) is 3.92. The Morgan fingerprint density at radius 3 is 2.47 bits per heavy atom. The minimum absolute atomic E-state index is 0. The number of nitrogens with one attached hydrogen (secondary N) is 1. The molecule has 1 N–H and O–H groups in total. The Balaban J connectivity index is 0.00000133. The first-order valence-electron chi connectivity index (χ1n) is 6.96. The maximum absolute atomic E-state index is 12.6. The summed E-state index contributed by atoms with van der Waals surface area (Å²) in [4.78, 5) is 0. The van der Waals surface area contributed by atoms with Gasteiger partial charge in [0.15, 0.2) is 0 Å². The van der Waals surface area contributed by atoms with Crippen molar-refractivity contribution >= 4 is 22.4 Å². The molecule has 2 saturated heterocycles. The molecule has 0 aromatic heterocycles. The molecule has 7 heteroatoms. The van der Waals surface area contributed by atoms with Crippen molar-refractivity contribution in [2.45, 2.75) is 37.8 Å². The van der Waals surface area contributed by atoms with Crippen LogP contribution in [0.25, 0.3) is 0 Å². The Labute approximate surface area is 121 Å². The molecule has 2 atom stereocenters. The number of sulfonamides is 1. The number of hydrogen-bond donors (Lipinski definition) is 1. The Morgan fingerprint density at radius 2 is 1.95 bits per heavy atom. The first kappa shape index (κ1) is 15.5. The lowest BCUT2D eigenvalue weighted by molar-refractivity contribution is 0.188. The summed E-state index contributed by atoms with van der Waals surface area (Å²) in [5, 5.41) is 3.27. The average molecular weight is 311 g/mol. The third-order valence-corrected chi connectivity index (χ3v) is 6.22. The van der Waals surface area contributed by atoms with Crippen LogP contribution in [0.5, 0.6) is 0 Å². The van der Waals surface area contributed by atoms with Crippen molar-refractivity contribution in [1.82, 2.24) is 9.62 Å². The van der Waals surface area contributed by atoms with Crippen molar-refractivity contribution in [3.63, 3.8) is 0 Å². The third-order valence-electron chi connectivity index (χ3n) is 4.09. The minimum atomic E-state index is -3.11. The SMILES string of the molecule is Cl.O=S(=O)(CC1CCOC1)N(C1CC1)C1CCNC1. The van der Waals surface area contributed by atoms with E-state index in [9.17, 15) is 8.42 Å². The van der Waals surface area contributed by atoms with Gasteiger partial charge in [-0.15, -0.1) is 12.4 Å². The van der Waals surface area contributed by atoms with Gasteiger partial charge in [-0.1, -0.05) is 0 Å². The van der Waals surface area contributed by atoms with Crippen molar-refractivity contribution in [3.05, 3.63) is 0 Å². The van der Waals surface area contributed by atoms with E-state index in [0.717, 1.165) is 38.8 Å². The number of ether oxygens (including phenoxy) is 1. The molecule has 5 nitrogen and oxygen atoms in total. The predicted molar refractivity (Wildman–Crippen MR) is 76.1 cm³/mol. The first-order valence-corrected chi connectivity index (χ1v) is 8.57. The van der Waals surface area contributed by atoms with Crippen LogP contribution in [0.3, 0.4) is 0 Å². The maximum Gasteiger partial charge on any atom is 0.215 e. The van der Waals surface area contributed by atoms with Gasteiger partial charge in [0, 0.05) is 25.2 Å². The zero-order chi connectivity index (χ0) is 12.6. The van der Waals surface area contributed by atoms with Crippen LogP contribution in [0.15, 0.2) is 0 Å². The third kappa shape index (κ3) is 3.61. The molecule has 112 valence electrons. The molecular weight excluding hydrogens is 288 g/mol. The second-order valence-corrected chi connectivity index (χ2v) is 7.63. The second kappa shape index (κ2) is 6.26. The van der Waals surface area contributed by atoms with Crippen LogP contribution in [-0.4, -0.2) is 56.9 Å². The molecule has 0 aromatic rings. The highest BCUT2D eigenvalue weighted by Gasteiger charge is 2.43. The van der Waals surface area contributed by atoms with E-state index in [1.165, 1.54) is 0 Å². The lowest BCUT2D eigenvalue weighted by atomic mass is 10.2. The fraction of sp³-hybridized carbons (Fsp3) is 1.00. The summed E-state index contributed by atoms with van der Waals surface area (Å²) in [5.74, 6) is 0.477. The fourth-order valence-electron chi connectivity index (χ4n) is 3.04. The molecule has 3 rings (SSSR count). The molecule has 1 saturated carbocycles. The van der Waals surface area contributed by atoms with Crippen molar-refractivity contribution in [2.75, 3.05) is 32.1 Å². The fourth-order valence-corrected chi connectivity index (χ4v) is 5.37. The molecule has 3 aliphatic rings. The monoisotopic (exact) mass is 310 g/mol. The molecule has 2 aliphatic heterocycles. The van der Waals surface area contributed by atoms with Crippen molar-refractivity contribution in [2.24, 2.45) is 5.92 Å². The predicted octanol–water partition coefficient (Wildman–Crippen LogP) is 0.601. The van der Waals surface area contributed by atoms with Crippen LogP contribution in [0, 0.1) is 5.92 Å². The van der Waals surface area contributed by atoms with E-state index in [4.69, 9.17) is 4.74 Å². The topological polar surface area (TPSA) is 58.6 Å². The number of hydrogen-bond acceptors (Lipinski definition) is 4. The molecular formula is C12H23ClN2O3S. The van der Waals surface area contributed by atoms with Gasteiger partial charge < -0.3 is 10.1 Å². The Morgan fingerprint density at radius 1 is 1.16 bits per heavy atom. The number of nitrogens with zero attached hydrogens (tertiary/aromatic N) is 1. The molecule has 19 heavy (non-hydrogen) atoms. The molecule has 0 radical (unpaired) electrons. The largest absolute Gasteiger partial charge is 0.381 e. The van der Waals surface area contributed by atoms with Gasteiger partial charge in [0.2, 0.25) is 10.0 Å². The van der Waals surface area contributed by atoms with Crippen LogP contribution in [0.1, 0.15) is 25.7 Å². The minimum Gasteiger partial charge on any atom is -0.381 e. The molecule has 0 aromatic carbocycles. The lowest BCUT2D eigenvalue weighted by Crippen LogP contribution is -2.45. The average Bonchev–Trinajstić information content (AvgIpc) is 2.80. The van der Waals surface area contributed by atoms with Gasteiger partial charge >= 0.3 is 0 Å². The summed E-state index contributed by atoms with van der Waals surface area (Å²) in [6.45, 7) is 3.09. The van der Waals surface area contributed by atoms with Crippen molar-refractivity contribution < 1.29 is 13.2 Å². The molecule has 2 unspecified atom stereocenters. The summed E-state index contributed by atoms with van der Waals surface area (Å²) < 4.78 is 32.3. The van der Waals surface area contributed by atoms with Crippen molar-refractivity contribution in [1.29, 1.82) is 0 Å². The zero-order valence-corrected chi connectivity index (χ0v) is 12.7. The molecule has 1 aliphatic carbocycles. The van der Waals surface area contributed by atoms with Crippen LogP contribution in [0.4, 0.5) is 0 Å². The normalized spacial score (nSPS) is 31.6. The highest BCUT2D eigenvalue weighted by atomic mass is 35.5. The highest BCUT2D eigenvalue weighted by Crippen LogP contribution is 2.34. The van der Waals surface area contributed by atoms with Crippen molar-refractivity contribution in [3.8, 4) is 0 Å².